The van der Waals surface area contributed by atoms with Crippen molar-refractivity contribution < 1.29 is 4.74 Å². The van der Waals surface area contributed by atoms with E-state index in [4.69, 9.17) is 4.74 Å². The number of hydrogen-bond donors (Lipinski definition) is 1. The lowest BCUT2D eigenvalue weighted by atomic mass is 10.0. The summed E-state index contributed by atoms with van der Waals surface area (Å²) >= 11 is 0. The molecule has 1 aromatic carbocycles. The third-order valence-electron chi connectivity index (χ3n) is 6.12. The van der Waals surface area contributed by atoms with Crippen molar-refractivity contribution in [1.82, 2.24) is 20.0 Å². The van der Waals surface area contributed by atoms with Crippen LogP contribution in [-0.2, 0) is 4.74 Å². The van der Waals surface area contributed by atoms with E-state index in [2.05, 4.69) is 69.2 Å². The van der Waals surface area contributed by atoms with E-state index in [9.17, 15) is 0 Å². The van der Waals surface area contributed by atoms with Crippen LogP contribution in [0.5, 0.6) is 0 Å². The van der Waals surface area contributed by atoms with Gasteiger partial charge in [-0.1, -0.05) is 44.2 Å². The van der Waals surface area contributed by atoms with Crippen LogP contribution in [0.3, 0.4) is 0 Å². The summed E-state index contributed by atoms with van der Waals surface area (Å²) in [5.74, 6) is 1.64. The molecule has 2 aliphatic rings. The Balaban J connectivity index is 0.00000320. The van der Waals surface area contributed by atoms with E-state index in [0.717, 1.165) is 78.0 Å². The molecule has 0 radical (unpaired) electrons. The Hall–Kier alpha value is -0.900. The summed E-state index contributed by atoms with van der Waals surface area (Å²) in [6.45, 7) is 14.8. The molecule has 0 bridgehead atoms. The summed E-state index contributed by atoms with van der Waals surface area (Å²) in [6, 6.07) is 11.4. The molecule has 2 heterocycles. The molecule has 0 spiro atoms. The van der Waals surface area contributed by atoms with Crippen LogP contribution < -0.4 is 5.32 Å². The number of piperazine rings is 1. The van der Waals surface area contributed by atoms with Gasteiger partial charge in [0.05, 0.1) is 13.2 Å². The highest BCUT2D eigenvalue weighted by atomic mass is 127. The van der Waals surface area contributed by atoms with Crippen LogP contribution in [0.4, 0.5) is 0 Å². The Labute approximate surface area is 200 Å². The molecule has 2 unspecified atom stereocenters. The van der Waals surface area contributed by atoms with Crippen LogP contribution in [-0.4, -0.2) is 93.3 Å². The average Bonchev–Trinajstić information content (AvgIpc) is 2.77. The fraction of sp³-hybridized carbons (Fsp3) is 0.696. The monoisotopic (exact) mass is 529 g/mol. The highest BCUT2D eigenvalue weighted by Gasteiger charge is 2.25. The van der Waals surface area contributed by atoms with Crippen molar-refractivity contribution >= 4 is 29.9 Å². The number of halogens is 1. The molecule has 2 saturated heterocycles. The van der Waals surface area contributed by atoms with Gasteiger partial charge in [-0.25, -0.2) is 0 Å². The quantitative estimate of drug-likeness (QED) is 0.335. The van der Waals surface area contributed by atoms with Crippen LogP contribution in [0.2, 0.25) is 0 Å². The first-order valence-electron chi connectivity index (χ1n) is 11.3. The van der Waals surface area contributed by atoms with Crippen molar-refractivity contribution in [2.24, 2.45) is 10.9 Å². The van der Waals surface area contributed by atoms with E-state index >= 15 is 0 Å². The first-order valence-corrected chi connectivity index (χ1v) is 11.3. The summed E-state index contributed by atoms with van der Waals surface area (Å²) in [7, 11) is 1.90. The number of benzene rings is 1. The molecule has 30 heavy (non-hydrogen) atoms. The number of rotatable bonds is 7. The fourth-order valence-electron chi connectivity index (χ4n) is 4.51. The first kappa shape index (κ1) is 25.4. The van der Waals surface area contributed by atoms with Crippen LogP contribution in [0, 0.1) is 5.92 Å². The van der Waals surface area contributed by atoms with Crippen molar-refractivity contribution in [3.05, 3.63) is 35.9 Å². The Bertz CT molecular complexity index is 615. The van der Waals surface area contributed by atoms with Crippen molar-refractivity contribution in [3.8, 4) is 0 Å². The summed E-state index contributed by atoms with van der Waals surface area (Å²) < 4.78 is 5.45. The number of guanidine groups is 1. The third kappa shape index (κ3) is 7.35. The second-order valence-corrected chi connectivity index (χ2v) is 8.30. The molecule has 3 rings (SSSR count). The molecule has 2 fully saturated rings. The van der Waals surface area contributed by atoms with E-state index in [1.165, 1.54) is 5.56 Å². The van der Waals surface area contributed by atoms with Gasteiger partial charge < -0.3 is 15.0 Å². The highest BCUT2D eigenvalue weighted by Crippen LogP contribution is 2.25. The predicted octanol–water partition coefficient (Wildman–Crippen LogP) is 2.92. The van der Waals surface area contributed by atoms with Crippen LogP contribution in [0.25, 0.3) is 0 Å². The zero-order chi connectivity index (χ0) is 20.5. The number of morpholine rings is 1. The number of ether oxygens (including phenoxy) is 1. The van der Waals surface area contributed by atoms with E-state index in [1.807, 2.05) is 7.05 Å². The molecule has 1 N–H and O–H groups in total. The molecule has 2 aliphatic heterocycles. The summed E-state index contributed by atoms with van der Waals surface area (Å²) in [4.78, 5) is 12.1. The molecule has 2 atom stereocenters. The highest BCUT2D eigenvalue weighted by molar-refractivity contribution is 14.0. The fourth-order valence-corrected chi connectivity index (χ4v) is 4.51. The van der Waals surface area contributed by atoms with E-state index < -0.39 is 0 Å². The molecule has 0 aromatic heterocycles. The smallest absolute Gasteiger partial charge is 0.193 e. The largest absolute Gasteiger partial charge is 0.379 e. The lowest BCUT2D eigenvalue weighted by Crippen LogP contribution is -2.53. The van der Waals surface area contributed by atoms with Gasteiger partial charge in [0.25, 0.3) is 0 Å². The lowest BCUT2D eigenvalue weighted by Gasteiger charge is -2.40. The minimum Gasteiger partial charge on any atom is -0.379 e. The van der Waals surface area contributed by atoms with Gasteiger partial charge in [-0.2, -0.15) is 0 Å². The predicted molar refractivity (Wildman–Crippen MR) is 136 cm³/mol. The van der Waals surface area contributed by atoms with Crippen LogP contribution in [0.15, 0.2) is 35.3 Å². The molecule has 7 heteroatoms. The molecule has 1 aromatic rings. The molecule has 0 amide bonds. The first-order chi connectivity index (χ1) is 14.2. The minimum atomic E-state index is 0. The van der Waals surface area contributed by atoms with Gasteiger partial charge in [-0.3, -0.25) is 14.8 Å². The van der Waals surface area contributed by atoms with E-state index in [0.29, 0.717) is 12.0 Å². The number of nitrogens with zero attached hydrogens (tertiary/aromatic N) is 4. The second kappa shape index (κ2) is 13.5. The summed E-state index contributed by atoms with van der Waals surface area (Å²) in [5, 5.41) is 3.62. The maximum Gasteiger partial charge on any atom is 0.193 e. The van der Waals surface area contributed by atoms with Gasteiger partial charge in [0.2, 0.25) is 0 Å². The molecule has 0 saturated carbocycles. The van der Waals surface area contributed by atoms with Gasteiger partial charge >= 0.3 is 0 Å². The third-order valence-corrected chi connectivity index (χ3v) is 6.12. The SMILES string of the molecule is CCC(c1ccccc1)N1CCN(C(=NC)NCC(C)CN2CCOCC2)CC1.I. The van der Waals surface area contributed by atoms with Crippen LogP contribution >= 0.6 is 24.0 Å². The second-order valence-electron chi connectivity index (χ2n) is 8.30. The van der Waals surface area contributed by atoms with Crippen molar-refractivity contribution in [3.63, 3.8) is 0 Å². The van der Waals surface area contributed by atoms with E-state index in [-0.39, 0.29) is 24.0 Å². The van der Waals surface area contributed by atoms with Gasteiger partial charge in [-0.05, 0) is 17.9 Å². The van der Waals surface area contributed by atoms with E-state index in [1.54, 1.807) is 0 Å². The molecular weight excluding hydrogens is 489 g/mol. The summed E-state index contributed by atoms with van der Waals surface area (Å²) in [5.41, 5.74) is 1.43. The number of hydrogen-bond acceptors (Lipinski definition) is 4. The topological polar surface area (TPSA) is 43.3 Å². The standard InChI is InChI=1S/C23H39N5O.HI/c1-4-22(21-8-6-5-7-9-21)27-10-12-28(13-11-27)23(24-3)25-18-20(2)19-26-14-16-29-17-15-26;/h5-9,20,22H,4,10-19H2,1-3H3,(H,24,25);1H. The average molecular weight is 530 g/mol. The number of nitrogens with one attached hydrogen (secondary N) is 1. The Morgan fingerprint density at radius 1 is 1.07 bits per heavy atom. The molecule has 0 aliphatic carbocycles. The zero-order valence-corrected chi connectivity index (χ0v) is 21.3. The maximum absolute atomic E-state index is 5.45. The Morgan fingerprint density at radius 3 is 2.33 bits per heavy atom. The normalized spacial score (nSPS) is 21.0. The molecular formula is C23H40IN5O. The lowest BCUT2D eigenvalue weighted by molar-refractivity contribution is 0.0320. The molecule has 170 valence electrons. The Morgan fingerprint density at radius 2 is 1.73 bits per heavy atom. The van der Waals surface area contributed by atoms with Crippen molar-refractivity contribution in [2.75, 3.05) is 72.6 Å². The van der Waals surface area contributed by atoms with Gasteiger partial charge in [0, 0.05) is 65.4 Å². The maximum atomic E-state index is 5.45. The van der Waals surface area contributed by atoms with Crippen molar-refractivity contribution in [2.45, 2.75) is 26.3 Å². The summed E-state index contributed by atoms with van der Waals surface area (Å²) in [6.07, 6.45) is 1.15. The van der Waals surface area contributed by atoms with Crippen molar-refractivity contribution in [1.29, 1.82) is 0 Å². The Kier molecular flexibility index (Phi) is 11.4. The zero-order valence-electron chi connectivity index (χ0n) is 18.9. The van der Waals surface area contributed by atoms with Crippen LogP contribution in [0.1, 0.15) is 31.9 Å². The van der Waals surface area contributed by atoms with Gasteiger partial charge in [0.15, 0.2) is 5.96 Å². The van der Waals surface area contributed by atoms with Gasteiger partial charge in [-0.15, -0.1) is 24.0 Å². The number of aliphatic imine (C=N–C) groups is 1. The minimum absolute atomic E-state index is 0. The molecule has 6 nitrogen and oxygen atoms in total. The van der Waals surface area contributed by atoms with Gasteiger partial charge in [0.1, 0.15) is 0 Å².